The molecular weight excluding hydrogens is 320 g/mol. The molecule has 0 aromatic carbocycles. The van der Waals surface area contributed by atoms with E-state index in [9.17, 15) is 4.79 Å². The Morgan fingerprint density at radius 2 is 2.16 bits per heavy atom. The lowest BCUT2D eigenvalue weighted by Gasteiger charge is -2.25. The first kappa shape index (κ1) is 18.1. The van der Waals surface area contributed by atoms with E-state index in [1.165, 1.54) is 0 Å². The molecule has 1 amide bonds. The van der Waals surface area contributed by atoms with Crippen molar-refractivity contribution in [3.8, 4) is 0 Å². The maximum Gasteiger partial charge on any atom is 0.251 e. The lowest BCUT2D eigenvalue weighted by Crippen LogP contribution is -2.42. The molecule has 7 heteroatoms. The van der Waals surface area contributed by atoms with Gasteiger partial charge in [0.15, 0.2) is 5.82 Å². The van der Waals surface area contributed by atoms with Crippen LogP contribution < -0.4 is 4.90 Å². The van der Waals surface area contributed by atoms with Crippen molar-refractivity contribution in [2.45, 2.75) is 45.3 Å². The van der Waals surface area contributed by atoms with Gasteiger partial charge in [0, 0.05) is 32.8 Å². The number of nitrogens with zero attached hydrogens (tertiary/aromatic N) is 4. The molecule has 0 N–H and O–H groups in total. The highest BCUT2D eigenvalue weighted by molar-refractivity contribution is 5.80. The van der Waals surface area contributed by atoms with Crippen LogP contribution in [0.1, 0.15) is 31.9 Å². The summed E-state index contributed by atoms with van der Waals surface area (Å²) in [5, 5.41) is 8.38. The van der Waals surface area contributed by atoms with Crippen molar-refractivity contribution in [1.82, 2.24) is 15.1 Å². The Balaban J connectivity index is 1.49. The zero-order chi connectivity index (χ0) is 17.6. The molecule has 0 bridgehead atoms. The third-order valence-corrected chi connectivity index (χ3v) is 4.82. The van der Waals surface area contributed by atoms with Gasteiger partial charge in [0.1, 0.15) is 6.10 Å². The third-order valence-electron chi connectivity index (χ3n) is 4.82. The lowest BCUT2D eigenvalue weighted by molar-refractivity contribution is -0.144. The van der Waals surface area contributed by atoms with Crippen molar-refractivity contribution in [2.24, 2.45) is 0 Å². The fourth-order valence-corrected chi connectivity index (χ4v) is 3.28. The lowest BCUT2D eigenvalue weighted by atomic mass is 10.2. The zero-order valence-corrected chi connectivity index (χ0v) is 15.2. The number of hydrogen-bond donors (Lipinski definition) is 0. The third kappa shape index (κ3) is 4.89. The molecule has 0 spiro atoms. The minimum Gasteiger partial charge on any atom is -0.376 e. The number of rotatable bonds is 5. The number of anilines is 1. The van der Waals surface area contributed by atoms with Crippen LogP contribution in [0.2, 0.25) is 0 Å². The van der Waals surface area contributed by atoms with Gasteiger partial charge in [-0.2, -0.15) is 5.10 Å². The number of carbonyl (C=O) groups is 1. The molecule has 25 heavy (non-hydrogen) atoms. The van der Waals surface area contributed by atoms with Crippen LogP contribution in [0.5, 0.6) is 0 Å². The molecule has 3 rings (SSSR count). The maximum atomic E-state index is 12.7. The van der Waals surface area contributed by atoms with E-state index >= 15 is 0 Å². The summed E-state index contributed by atoms with van der Waals surface area (Å²) in [5.41, 5.74) is 0.910. The van der Waals surface area contributed by atoms with E-state index in [0.29, 0.717) is 13.2 Å². The van der Waals surface area contributed by atoms with Crippen molar-refractivity contribution >= 4 is 11.7 Å². The molecule has 1 aromatic heterocycles. The Labute approximate surface area is 149 Å². The van der Waals surface area contributed by atoms with E-state index < -0.39 is 6.10 Å². The van der Waals surface area contributed by atoms with Gasteiger partial charge in [-0.05, 0) is 45.2 Å². The van der Waals surface area contributed by atoms with Gasteiger partial charge in [0.2, 0.25) is 0 Å². The molecule has 138 valence electrons. The van der Waals surface area contributed by atoms with Crippen LogP contribution in [0, 0.1) is 6.92 Å². The van der Waals surface area contributed by atoms with Crippen LogP contribution in [-0.2, 0) is 14.3 Å². The Bertz CT molecular complexity index is 560. The minimum atomic E-state index is -0.421. The molecule has 2 aliphatic heterocycles. The predicted molar refractivity (Wildman–Crippen MR) is 94.6 cm³/mol. The van der Waals surface area contributed by atoms with Gasteiger partial charge in [0.05, 0.1) is 18.4 Å². The summed E-state index contributed by atoms with van der Waals surface area (Å²) in [6.07, 6.45) is 2.75. The van der Waals surface area contributed by atoms with Gasteiger partial charge in [-0.25, -0.2) is 0 Å². The fourth-order valence-electron chi connectivity index (χ4n) is 3.28. The molecule has 2 aliphatic rings. The molecule has 7 nitrogen and oxygen atoms in total. The van der Waals surface area contributed by atoms with E-state index in [-0.39, 0.29) is 12.0 Å². The SMILES string of the molecule is Cc1ccc(N2CCCN(C(=O)C(C)OCC3CCCO3)CC2)nn1. The van der Waals surface area contributed by atoms with E-state index in [2.05, 4.69) is 15.1 Å². The largest absolute Gasteiger partial charge is 0.376 e. The number of ether oxygens (including phenoxy) is 2. The second kappa shape index (κ2) is 8.58. The zero-order valence-electron chi connectivity index (χ0n) is 15.2. The van der Waals surface area contributed by atoms with E-state index in [1.54, 1.807) is 0 Å². The van der Waals surface area contributed by atoms with Gasteiger partial charge in [-0.1, -0.05) is 0 Å². The second-order valence-corrected chi connectivity index (χ2v) is 6.81. The number of aryl methyl sites for hydroxylation is 1. The van der Waals surface area contributed by atoms with E-state index in [4.69, 9.17) is 9.47 Å². The Hall–Kier alpha value is -1.73. The smallest absolute Gasteiger partial charge is 0.251 e. The van der Waals surface area contributed by atoms with Gasteiger partial charge in [0.25, 0.3) is 5.91 Å². The average Bonchev–Trinajstić information content (AvgIpc) is 3.03. The van der Waals surface area contributed by atoms with Crippen LogP contribution in [0.4, 0.5) is 5.82 Å². The summed E-state index contributed by atoms with van der Waals surface area (Å²) in [6, 6.07) is 3.96. The van der Waals surface area contributed by atoms with Crippen molar-refractivity contribution in [3.63, 3.8) is 0 Å². The summed E-state index contributed by atoms with van der Waals surface area (Å²) in [7, 11) is 0. The molecule has 1 aromatic rings. The molecule has 2 fully saturated rings. The molecule has 0 aliphatic carbocycles. The molecule has 0 saturated carbocycles. The molecular formula is C18H28N4O3. The van der Waals surface area contributed by atoms with Gasteiger partial charge in [-0.3, -0.25) is 4.79 Å². The van der Waals surface area contributed by atoms with Crippen LogP contribution >= 0.6 is 0 Å². The molecule has 2 saturated heterocycles. The Morgan fingerprint density at radius 3 is 2.88 bits per heavy atom. The van der Waals surface area contributed by atoms with E-state index in [1.807, 2.05) is 30.9 Å². The summed E-state index contributed by atoms with van der Waals surface area (Å²) < 4.78 is 11.3. The second-order valence-electron chi connectivity index (χ2n) is 6.81. The van der Waals surface area contributed by atoms with Crippen LogP contribution in [0.25, 0.3) is 0 Å². The highest BCUT2D eigenvalue weighted by Gasteiger charge is 2.26. The number of hydrogen-bond acceptors (Lipinski definition) is 6. The van der Waals surface area contributed by atoms with Gasteiger partial charge in [-0.15, -0.1) is 5.10 Å². The minimum absolute atomic E-state index is 0.0647. The first-order chi connectivity index (χ1) is 12.1. The quantitative estimate of drug-likeness (QED) is 0.801. The first-order valence-electron chi connectivity index (χ1n) is 9.21. The topological polar surface area (TPSA) is 67.8 Å². The van der Waals surface area contributed by atoms with Gasteiger partial charge >= 0.3 is 0 Å². The van der Waals surface area contributed by atoms with Crippen molar-refractivity contribution in [1.29, 1.82) is 0 Å². The number of aromatic nitrogens is 2. The van der Waals surface area contributed by atoms with E-state index in [0.717, 1.165) is 57.0 Å². The van der Waals surface area contributed by atoms with Crippen LogP contribution in [0.15, 0.2) is 12.1 Å². The van der Waals surface area contributed by atoms with Crippen molar-refractivity contribution in [2.75, 3.05) is 44.3 Å². The predicted octanol–water partition coefficient (Wildman–Crippen LogP) is 1.41. The monoisotopic (exact) mass is 348 g/mol. The Morgan fingerprint density at radius 1 is 1.28 bits per heavy atom. The molecule has 3 heterocycles. The molecule has 2 unspecified atom stereocenters. The van der Waals surface area contributed by atoms with Crippen molar-refractivity contribution < 1.29 is 14.3 Å². The summed E-state index contributed by atoms with van der Waals surface area (Å²) >= 11 is 0. The molecule has 2 atom stereocenters. The molecule has 0 radical (unpaired) electrons. The summed E-state index contributed by atoms with van der Waals surface area (Å²) in [6.45, 7) is 8.16. The maximum absolute atomic E-state index is 12.7. The summed E-state index contributed by atoms with van der Waals surface area (Å²) in [4.78, 5) is 16.8. The van der Waals surface area contributed by atoms with Crippen LogP contribution in [0.3, 0.4) is 0 Å². The van der Waals surface area contributed by atoms with Crippen LogP contribution in [-0.4, -0.2) is 72.6 Å². The number of amides is 1. The number of carbonyl (C=O) groups excluding carboxylic acids is 1. The first-order valence-corrected chi connectivity index (χ1v) is 9.21. The fraction of sp³-hybridized carbons (Fsp3) is 0.722. The highest BCUT2D eigenvalue weighted by atomic mass is 16.5. The Kier molecular flexibility index (Phi) is 6.20. The van der Waals surface area contributed by atoms with Crippen molar-refractivity contribution in [3.05, 3.63) is 17.8 Å². The average molecular weight is 348 g/mol. The normalized spacial score (nSPS) is 22.7. The van der Waals surface area contributed by atoms with Gasteiger partial charge < -0.3 is 19.3 Å². The highest BCUT2D eigenvalue weighted by Crippen LogP contribution is 2.15. The summed E-state index contributed by atoms with van der Waals surface area (Å²) in [5.74, 6) is 0.942. The standard InChI is InChI=1S/C18H28N4O3/c1-14-6-7-17(20-19-14)21-8-4-9-22(11-10-21)18(23)15(2)25-13-16-5-3-12-24-16/h6-7,15-16H,3-5,8-13H2,1-2H3.